The lowest BCUT2D eigenvalue weighted by Crippen LogP contribution is -2.46. The molecule has 1 heterocycles. The largest absolute Gasteiger partial charge is 0.306 e. The van der Waals surface area contributed by atoms with Crippen molar-refractivity contribution >= 4 is 9.84 Å². The number of hydrogen-bond acceptors (Lipinski definition) is 3. The van der Waals surface area contributed by atoms with Gasteiger partial charge in [-0.1, -0.05) is 0 Å². The van der Waals surface area contributed by atoms with Crippen LogP contribution in [0.3, 0.4) is 0 Å². The van der Waals surface area contributed by atoms with Crippen molar-refractivity contribution in [2.24, 2.45) is 5.92 Å². The van der Waals surface area contributed by atoms with Crippen molar-refractivity contribution in [3.05, 3.63) is 0 Å². The van der Waals surface area contributed by atoms with Crippen LogP contribution in [0.4, 0.5) is 0 Å². The molecule has 4 heteroatoms. The lowest BCUT2D eigenvalue weighted by molar-refractivity contribution is 0.151. The van der Waals surface area contributed by atoms with Gasteiger partial charge in [-0.3, -0.25) is 0 Å². The molecule has 0 N–H and O–H groups in total. The van der Waals surface area contributed by atoms with Gasteiger partial charge in [0, 0.05) is 19.3 Å². The Balaban J connectivity index is 2.30. The third-order valence-corrected chi connectivity index (χ3v) is 2.76. The van der Waals surface area contributed by atoms with E-state index >= 15 is 0 Å². The van der Waals surface area contributed by atoms with Crippen LogP contribution in [0.25, 0.3) is 0 Å². The molecule has 1 aliphatic rings. The highest BCUT2D eigenvalue weighted by Crippen LogP contribution is 2.13. The van der Waals surface area contributed by atoms with Crippen molar-refractivity contribution < 1.29 is 8.42 Å². The van der Waals surface area contributed by atoms with Crippen molar-refractivity contribution in [1.29, 1.82) is 0 Å². The highest BCUT2D eigenvalue weighted by Gasteiger charge is 2.26. The average Bonchev–Trinajstić information content (AvgIpc) is 1.57. The van der Waals surface area contributed by atoms with E-state index in [1.54, 1.807) is 0 Å². The zero-order valence-electron chi connectivity index (χ0n) is 6.37. The maximum atomic E-state index is 10.7. The van der Waals surface area contributed by atoms with E-state index in [0.717, 1.165) is 13.1 Å². The SMILES string of the molecule is CN1CC(CS(C)(=O)=O)C1. The van der Waals surface area contributed by atoms with Crippen LogP contribution in [0.5, 0.6) is 0 Å². The second-order valence-corrected chi connectivity index (χ2v) is 5.36. The van der Waals surface area contributed by atoms with Crippen LogP contribution in [0, 0.1) is 5.92 Å². The van der Waals surface area contributed by atoms with Crippen LogP contribution >= 0.6 is 0 Å². The maximum Gasteiger partial charge on any atom is 0.147 e. The molecule has 0 amide bonds. The predicted octanol–water partition coefficient (Wildman–Crippen LogP) is -0.407. The van der Waals surface area contributed by atoms with E-state index in [-0.39, 0.29) is 0 Å². The van der Waals surface area contributed by atoms with Crippen LogP contribution in [0.15, 0.2) is 0 Å². The van der Waals surface area contributed by atoms with Crippen molar-refractivity contribution in [3.8, 4) is 0 Å². The molecule has 0 aromatic carbocycles. The molecule has 3 nitrogen and oxygen atoms in total. The summed E-state index contributed by atoms with van der Waals surface area (Å²) in [5.74, 6) is 0.747. The van der Waals surface area contributed by atoms with Crippen LogP contribution in [0.2, 0.25) is 0 Å². The number of hydrogen-bond donors (Lipinski definition) is 0. The Bertz CT molecular complexity index is 204. The molecule has 0 bridgehead atoms. The second kappa shape index (κ2) is 2.51. The summed E-state index contributed by atoms with van der Waals surface area (Å²) in [7, 11) is -0.736. The summed E-state index contributed by atoms with van der Waals surface area (Å²) < 4.78 is 21.4. The van der Waals surface area contributed by atoms with Gasteiger partial charge in [-0.2, -0.15) is 0 Å². The Morgan fingerprint density at radius 3 is 2.30 bits per heavy atom. The molecular formula is C6H13NO2S. The van der Waals surface area contributed by atoms with Crippen LogP contribution in [-0.4, -0.2) is 45.5 Å². The van der Waals surface area contributed by atoms with Gasteiger partial charge < -0.3 is 4.90 Å². The zero-order valence-corrected chi connectivity index (χ0v) is 7.19. The zero-order chi connectivity index (χ0) is 7.78. The first-order valence-electron chi connectivity index (χ1n) is 3.33. The summed E-state index contributed by atoms with van der Waals surface area (Å²) in [6, 6.07) is 0. The van der Waals surface area contributed by atoms with Gasteiger partial charge in [-0.25, -0.2) is 8.42 Å². The number of likely N-dealkylation sites (tertiary alicyclic amines) is 1. The van der Waals surface area contributed by atoms with E-state index in [4.69, 9.17) is 0 Å². The van der Waals surface area contributed by atoms with Gasteiger partial charge in [-0.05, 0) is 13.0 Å². The highest BCUT2D eigenvalue weighted by atomic mass is 32.2. The molecular weight excluding hydrogens is 150 g/mol. The van der Waals surface area contributed by atoms with Crippen molar-refractivity contribution in [1.82, 2.24) is 4.90 Å². The molecule has 0 atom stereocenters. The van der Waals surface area contributed by atoms with Crippen molar-refractivity contribution in [2.75, 3.05) is 32.1 Å². The third kappa shape index (κ3) is 2.27. The van der Waals surface area contributed by atoms with Crippen LogP contribution in [0.1, 0.15) is 0 Å². The smallest absolute Gasteiger partial charge is 0.147 e. The van der Waals surface area contributed by atoms with Gasteiger partial charge in [0.15, 0.2) is 0 Å². The van der Waals surface area contributed by atoms with Gasteiger partial charge in [0.25, 0.3) is 0 Å². The van der Waals surface area contributed by atoms with Gasteiger partial charge in [0.1, 0.15) is 9.84 Å². The predicted molar refractivity (Wildman–Crippen MR) is 40.7 cm³/mol. The number of rotatable bonds is 2. The minimum absolute atomic E-state index is 0.358. The number of nitrogens with zero attached hydrogens (tertiary/aromatic N) is 1. The molecule has 0 aromatic rings. The molecule has 1 fully saturated rings. The summed E-state index contributed by atoms with van der Waals surface area (Å²) in [5.41, 5.74) is 0. The minimum atomic E-state index is -2.73. The fourth-order valence-corrected chi connectivity index (χ4v) is 2.43. The highest BCUT2D eigenvalue weighted by molar-refractivity contribution is 7.90. The molecule has 1 aliphatic heterocycles. The molecule has 0 radical (unpaired) electrons. The fraction of sp³-hybridized carbons (Fsp3) is 1.00. The van der Waals surface area contributed by atoms with E-state index in [0.29, 0.717) is 11.7 Å². The molecule has 0 aromatic heterocycles. The van der Waals surface area contributed by atoms with Gasteiger partial charge >= 0.3 is 0 Å². The second-order valence-electron chi connectivity index (χ2n) is 3.18. The van der Waals surface area contributed by atoms with E-state index < -0.39 is 9.84 Å². The number of sulfone groups is 1. The third-order valence-electron chi connectivity index (χ3n) is 1.68. The minimum Gasteiger partial charge on any atom is -0.306 e. The summed E-state index contributed by atoms with van der Waals surface area (Å²) in [6.45, 7) is 1.88. The van der Waals surface area contributed by atoms with E-state index in [1.807, 2.05) is 7.05 Å². The Labute approximate surface area is 61.9 Å². The lowest BCUT2D eigenvalue weighted by atomic mass is 10.0. The molecule has 60 valence electrons. The molecule has 0 saturated carbocycles. The van der Waals surface area contributed by atoms with Crippen LogP contribution in [-0.2, 0) is 9.84 Å². The first-order valence-corrected chi connectivity index (χ1v) is 5.40. The Kier molecular flexibility index (Phi) is 2.01. The molecule has 0 unspecified atom stereocenters. The van der Waals surface area contributed by atoms with Gasteiger partial charge in [0.2, 0.25) is 0 Å². The first kappa shape index (κ1) is 8.01. The summed E-state index contributed by atoms with van der Waals surface area (Å²) in [5, 5.41) is 0. The fourth-order valence-electron chi connectivity index (χ4n) is 1.36. The summed E-state index contributed by atoms with van der Waals surface area (Å²) in [6.07, 6.45) is 1.30. The van der Waals surface area contributed by atoms with Gasteiger partial charge in [0.05, 0.1) is 5.75 Å². The Hall–Kier alpha value is -0.0900. The lowest BCUT2D eigenvalue weighted by Gasteiger charge is -2.35. The van der Waals surface area contributed by atoms with E-state index in [2.05, 4.69) is 4.90 Å². The first-order chi connectivity index (χ1) is 4.47. The molecule has 1 rings (SSSR count). The average molecular weight is 163 g/mol. The molecule has 10 heavy (non-hydrogen) atoms. The monoisotopic (exact) mass is 163 g/mol. The quantitative estimate of drug-likeness (QED) is 0.555. The van der Waals surface area contributed by atoms with E-state index in [1.165, 1.54) is 6.26 Å². The van der Waals surface area contributed by atoms with E-state index in [9.17, 15) is 8.42 Å². The molecule has 0 spiro atoms. The topological polar surface area (TPSA) is 37.4 Å². The maximum absolute atomic E-state index is 10.7. The Morgan fingerprint density at radius 1 is 1.50 bits per heavy atom. The molecule has 1 saturated heterocycles. The summed E-state index contributed by atoms with van der Waals surface area (Å²) in [4.78, 5) is 2.12. The Morgan fingerprint density at radius 2 is 2.00 bits per heavy atom. The van der Waals surface area contributed by atoms with Crippen LogP contribution < -0.4 is 0 Å². The molecule has 0 aliphatic carbocycles. The normalized spacial score (nSPS) is 22.6. The van der Waals surface area contributed by atoms with Gasteiger partial charge in [-0.15, -0.1) is 0 Å². The van der Waals surface area contributed by atoms with Crippen molar-refractivity contribution in [2.45, 2.75) is 0 Å². The summed E-state index contributed by atoms with van der Waals surface area (Å²) >= 11 is 0. The standard InChI is InChI=1S/C6H13NO2S/c1-7-3-6(4-7)5-10(2,8)9/h6H,3-5H2,1-2H3. The van der Waals surface area contributed by atoms with Crippen molar-refractivity contribution in [3.63, 3.8) is 0 Å².